The predicted molar refractivity (Wildman–Crippen MR) is 91.0 cm³/mol. The normalized spacial score (nSPS) is 10.3. The predicted octanol–water partition coefficient (Wildman–Crippen LogP) is 4.02. The van der Waals surface area contributed by atoms with Crippen molar-refractivity contribution in [3.05, 3.63) is 58.9 Å². The van der Waals surface area contributed by atoms with E-state index < -0.39 is 17.5 Å². The van der Waals surface area contributed by atoms with Crippen molar-refractivity contribution >= 4 is 29.0 Å². The number of halogens is 2. The summed E-state index contributed by atoms with van der Waals surface area (Å²) in [4.78, 5) is 23.7. The van der Waals surface area contributed by atoms with Crippen molar-refractivity contribution in [2.45, 2.75) is 19.3 Å². The Labute approximate surface area is 144 Å². The van der Waals surface area contributed by atoms with E-state index in [1.54, 1.807) is 7.11 Å². The van der Waals surface area contributed by atoms with Gasteiger partial charge in [0.05, 0.1) is 7.11 Å². The molecule has 0 radical (unpaired) electrons. The summed E-state index contributed by atoms with van der Waals surface area (Å²) in [6, 6.07) is 11.1. The third-order valence-electron chi connectivity index (χ3n) is 3.40. The van der Waals surface area contributed by atoms with E-state index in [1.165, 1.54) is 6.07 Å². The van der Waals surface area contributed by atoms with Gasteiger partial charge in [-0.15, -0.1) is 0 Å². The summed E-state index contributed by atoms with van der Waals surface area (Å²) in [5.74, 6) is -1.14. The van der Waals surface area contributed by atoms with Crippen molar-refractivity contribution in [2.24, 2.45) is 0 Å². The fourth-order valence-corrected chi connectivity index (χ4v) is 2.41. The molecular formula is C18H17ClFNO3. The number of hydrogen-bond donors (Lipinski definition) is 1. The Morgan fingerprint density at radius 1 is 1.17 bits per heavy atom. The highest BCUT2D eigenvalue weighted by Gasteiger charge is 2.14. The maximum Gasteiger partial charge on any atom is 0.291 e. The lowest BCUT2D eigenvalue weighted by Gasteiger charge is -2.06. The number of carbonyl (C=O) groups excluding carboxylic acids is 2. The van der Waals surface area contributed by atoms with Gasteiger partial charge in [0.1, 0.15) is 11.6 Å². The van der Waals surface area contributed by atoms with Gasteiger partial charge in [0.2, 0.25) is 5.78 Å². The molecule has 0 bridgehead atoms. The molecule has 24 heavy (non-hydrogen) atoms. The molecule has 2 rings (SSSR count). The highest BCUT2D eigenvalue weighted by molar-refractivity contribution is 6.40. The van der Waals surface area contributed by atoms with Crippen LogP contribution in [0.5, 0.6) is 5.75 Å². The molecule has 0 saturated heterocycles. The molecule has 0 saturated carbocycles. The van der Waals surface area contributed by atoms with Crippen molar-refractivity contribution in [3.63, 3.8) is 0 Å². The minimum Gasteiger partial charge on any atom is -0.497 e. The number of methoxy groups -OCH3 is 1. The van der Waals surface area contributed by atoms with E-state index in [9.17, 15) is 14.0 Å². The SMILES string of the molecule is COc1ccc(CCCC(=O)C(=O)Nc2cc(F)cc(Cl)c2)cc1. The number of benzene rings is 2. The molecule has 0 aromatic heterocycles. The lowest BCUT2D eigenvalue weighted by molar-refractivity contribution is -0.134. The number of Topliss-reactive ketones (excluding diaryl/α,β-unsaturated/α-hetero) is 1. The largest absolute Gasteiger partial charge is 0.497 e. The Bertz CT molecular complexity index is 711. The van der Waals surface area contributed by atoms with Crippen LogP contribution in [0, 0.1) is 5.82 Å². The van der Waals surface area contributed by atoms with E-state index in [0.29, 0.717) is 12.8 Å². The van der Waals surface area contributed by atoms with Crippen LogP contribution in [0.15, 0.2) is 42.5 Å². The molecule has 0 aliphatic rings. The van der Waals surface area contributed by atoms with Crippen molar-refractivity contribution in [1.82, 2.24) is 0 Å². The Kier molecular flexibility index (Phi) is 6.32. The van der Waals surface area contributed by atoms with Crippen LogP contribution in [0.25, 0.3) is 0 Å². The molecule has 0 aliphatic carbocycles. The standard InChI is InChI=1S/C18H17ClFNO3/c1-24-16-7-5-12(6-8-16)3-2-4-17(22)18(23)21-15-10-13(19)9-14(20)11-15/h5-11H,2-4H2,1H3,(H,21,23). The molecule has 4 nitrogen and oxygen atoms in total. The number of anilines is 1. The van der Waals surface area contributed by atoms with Crippen LogP contribution in [0.1, 0.15) is 18.4 Å². The number of nitrogens with one attached hydrogen (secondary N) is 1. The summed E-state index contributed by atoms with van der Waals surface area (Å²) >= 11 is 5.70. The summed E-state index contributed by atoms with van der Waals surface area (Å²) in [6.45, 7) is 0. The summed E-state index contributed by atoms with van der Waals surface area (Å²) in [5, 5.41) is 2.51. The highest BCUT2D eigenvalue weighted by Crippen LogP contribution is 2.18. The summed E-state index contributed by atoms with van der Waals surface area (Å²) in [6.07, 6.45) is 1.33. The Morgan fingerprint density at radius 2 is 1.88 bits per heavy atom. The molecule has 1 N–H and O–H groups in total. The second kappa shape index (κ2) is 8.45. The zero-order chi connectivity index (χ0) is 17.5. The van der Waals surface area contributed by atoms with Gasteiger partial charge in [-0.1, -0.05) is 23.7 Å². The minimum absolute atomic E-state index is 0.112. The molecule has 2 aromatic rings. The van der Waals surface area contributed by atoms with Gasteiger partial charge < -0.3 is 10.1 Å². The molecule has 1 amide bonds. The monoisotopic (exact) mass is 349 g/mol. The third-order valence-corrected chi connectivity index (χ3v) is 3.62. The van der Waals surface area contributed by atoms with E-state index in [4.69, 9.17) is 16.3 Å². The molecule has 2 aromatic carbocycles. The van der Waals surface area contributed by atoms with E-state index >= 15 is 0 Å². The summed E-state index contributed by atoms with van der Waals surface area (Å²) in [7, 11) is 1.60. The molecule has 0 spiro atoms. The topological polar surface area (TPSA) is 55.4 Å². The number of carbonyl (C=O) groups is 2. The third kappa shape index (κ3) is 5.35. The molecule has 0 aliphatic heterocycles. The van der Waals surface area contributed by atoms with Crippen LogP contribution < -0.4 is 10.1 Å². The van der Waals surface area contributed by atoms with Gasteiger partial charge in [-0.25, -0.2) is 4.39 Å². The zero-order valence-corrected chi connectivity index (χ0v) is 13.9. The Hall–Kier alpha value is -2.40. The summed E-state index contributed by atoms with van der Waals surface area (Å²) in [5.41, 5.74) is 1.22. The number of ether oxygens (including phenoxy) is 1. The summed E-state index contributed by atoms with van der Waals surface area (Å²) < 4.78 is 18.3. The van der Waals surface area contributed by atoms with E-state index in [1.807, 2.05) is 24.3 Å². The molecule has 6 heteroatoms. The minimum atomic E-state index is -0.772. The fourth-order valence-electron chi connectivity index (χ4n) is 2.19. The van der Waals surface area contributed by atoms with E-state index in [2.05, 4.69) is 5.32 Å². The van der Waals surface area contributed by atoms with Crippen molar-refractivity contribution < 1.29 is 18.7 Å². The van der Waals surface area contributed by atoms with Crippen LogP contribution in [-0.4, -0.2) is 18.8 Å². The van der Waals surface area contributed by atoms with Gasteiger partial charge in [0.25, 0.3) is 5.91 Å². The van der Waals surface area contributed by atoms with Crippen molar-refractivity contribution in [1.29, 1.82) is 0 Å². The second-order valence-electron chi connectivity index (χ2n) is 5.24. The first-order chi connectivity index (χ1) is 11.5. The lowest BCUT2D eigenvalue weighted by atomic mass is 10.1. The van der Waals surface area contributed by atoms with Crippen LogP contribution in [-0.2, 0) is 16.0 Å². The first-order valence-corrected chi connectivity index (χ1v) is 7.79. The average molecular weight is 350 g/mol. The first kappa shape index (κ1) is 17.9. The van der Waals surface area contributed by atoms with Crippen LogP contribution in [0.4, 0.5) is 10.1 Å². The van der Waals surface area contributed by atoms with Gasteiger partial charge in [0.15, 0.2) is 0 Å². The molecule has 0 unspecified atom stereocenters. The van der Waals surface area contributed by atoms with Gasteiger partial charge in [0, 0.05) is 17.1 Å². The second-order valence-corrected chi connectivity index (χ2v) is 5.67. The first-order valence-electron chi connectivity index (χ1n) is 7.41. The van der Waals surface area contributed by atoms with Gasteiger partial charge in [-0.3, -0.25) is 9.59 Å². The van der Waals surface area contributed by atoms with Gasteiger partial charge in [-0.05, 0) is 48.7 Å². The van der Waals surface area contributed by atoms with Crippen LogP contribution in [0.2, 0.25) is 5.02 Å². The van der Waals surface area contributed by atoms with Gasteiger partial charge >= 0.3 is 0 Å². The quantitative estimate of drug-likeness (QED) is 0.768. The average Bonchev–Trinajstić information content (AvgIpc) is 2.54. The number of ketones is 1. The van der Waals surface area contributed by atoms with Crippen molar-refractivity contribution in [2.75, 3.05) is 12.4 Å². The van der Waals surface area contributed by atoms with Crippen molar-refractivity contribution in [3.8, 4) is 5.75 Å². The highest BCUT2D eigenvalue weighted by atomic mass is 35.5. The number of aryl methyl sites for hydroxylation is 1. The van der Waals surface area contributed by atoms with Crippen LogP contribution in [0.3, 0.4) is 0 Å². The lowest BCUT2D eigenvalue weighted by Crippen LogP contribution is -2.22. The van der Waals surface area contributed by atoms with Crippen LogP contribution >= 0.6 is 11.6 Å². The van der Waals surface area contributed by atoms with Gasteiger partial charge in [-0.2, -0.15) is 0 Å². The molecule has 0 fully saturated rings. The molecule has 0 atom stereocenters. The maximum atomic E-state index is 13.2. The smallest absolute Gasteiger partial charge is 0.291 e. The number of hydrogen-bond acceptors (Lipinski definition) is 3. The number of amides is 1. The van der Waals surface area contributed by atoms with E-state index in [0.717, 1.165) is 23.4 Å². The van der Waals surface area contributed by atoms with E-state index in [-0.39, 0.29) is 17.1 Å². The molecule has 126 valence electrons. The maximum absolute atomic E-state index is 13.2. The molecular weight excluding hydrogens is 333 g/mol. The Morgan fingerprint density at radius 3 is 2.50 bits per heavy atom. The fraction of sp³-hybridized carbons (Fsp3) is 0.222. The zero-order valence-electron chi connectivity index (χ0n) is 13.1. The Balaban J connectivity index is 1.81. The number of rotatable bonds is 7. The molecule has 0 heterocycles.